The van der Waals surface area contributed by atoms with Crippen LogP contribution in [-0.2, 0) is 4.79 Å². The van der Waals surface area contributed by atoms with E-state index in [1.807, 2.05) is 13.8 Å². The molecule has 100 valence electrons. The Bertz CT molecular complexity index is 406. The number of halogens is 1. The molecule has 18 heavy (non-hydrogen) atoms. The fraction of sp³-hybridized carbons (Fsp3) is 0.462. The topological polar surface area (TPSA) is 64.3 Å². The van der Waals surface area contributed by atoms with Crippen molar-refractivity contribution < 1.29 is 9.53 Å². The molecule has 0 unspecified atom stereocenters. The van der Waals surface area contributed by atoms with Crippen LogP contribution >= 0.6 is 11.6 Å². The van der Waals surface area contributed by atoms with Gasteiger partial charge in [0.05, 0.1) is 5.69 Å². The van der Waals surface area contributed by atoms with E-state index in [0.717, 1.165) is 12.8 Å². The molecule has 0 aliphatic rings. The molecule has 1 aromatic rings. The van der Waals surface area contributed by atoms with Crippen LogP contribution in [0.2, 0.25) is 5.02 Å². The predicted octanol–water partition coefficient (Wildman–Crippen LogP) is 2.61. The van der Waals surface area contributed by atoms with Gasteiger partial charge in [0.15, 0.2) is 6.61 Å². The van der Waals surface area contributed by atoms with Gasteiger partial charge in [0.1, 0.15) is 5.75 Å². The summed E-state index contributed by atoms with van der Waals surface area (Å²) < 4.78 is 5.35. The molecular weight excluding hydrogens is 252 g/mol. The lowest BCUT2D eigenvalue weighted by Gasteiger charge is -2.15. The summed E-state index contributed by atoms with van der Waals surface area (Å²) in [4.78, 5) is 11.6. The highest BCUT2D eigenvalue weighted by Gasteiger charge is 2.09. The predicted molar refractivity (Wildman–Crippen MR) is 73.9 cm³/mol. The third-order valence-corrected chi connectivity index (χ3v) is 2.92. The molecule has 0 heterocycles. The normalized spacial score (nSPS) is 10.4. The van der Waals surface area contributed by atoms with E-state index < -0.39 is 0 Å². The number of rotatable bonds is 6. The molecular formula is C13H19ClN2O2. The molecule has 1 aromatic carbocycles. The zero-order valence-electron chi connectivity index (χ0n) is 10.7. The quantitative estimate of drug-likeness (QED) is 0.781. The summed E-state index contributed by atoms with van der Waals surface area (Å²) in [6, 6.07) is 5.12. The van der Waals surface area contributed by atoms with Crippen LogP contribution in [0.3, 0.4) is 0 Å². The molecule has 1 amide bonds. The smallest absolute Gasteiger partial charge is 0.258 e. The van der Waals surface area contributed by atoms with Crippen LogP contribution in [0.4, 0.5) is 5.69 Å². The van der Waals surface area contributed by atoms with Gasteiger partial charge in [-0.2, -0.15) is 0 Å². The van der Waals surface area contributed by atoms with Crippen molar-refractivity contribution in [3.63, 3.8) is 0 Å². The molecule has 0 radical (unpaired) electrons. The molecule has 0 bridgehead atoms. The average molecular weight is 271 g/mol. The Kier molecular flexibility index (Phi) is 5.78. The van der Waals surface area contributed by atoms with Gasteiger partial charge >= 0.3 is 0 Å². The Morgan fingerprint density at radius 3 is 2.67 bits per heavy atom. The highest BCUT2D eigenvalue weighted by atomic mass is 35.5. The van der Waals surface area contributed by atoms with E-state index in [-0.39, 0.29) is 18.6 Å². The van der Waals surface area contributed by atoms with E-state index in [0.29, 0.717) is 16.5 Å². The number of ether oxygens (including phenoxy) is 1. The second-order valence-corrected chi connectivity index (χ2v) is 4.49. The number of anilines is 1. The van der Waals surface area contributed by atoms with Gasteiger partial charge in [-0.05, 0) is 31.0 Å². The number of nitrogens with two attached hydrogens (primary N) is 1. The molecule has 4 nitrogen and oxygen atoms in total. The average Bonchev–Trinajstić information content (AvgIpc) is 2.35. The van der Waals surface area contributed by atoms with Crippen molar-refractivity contribution in [3.05, 3.63) is 23.2 Å². The van der Waals surface area contributed by atoms with Crippen LogP contribution in [0.5, 0.6) is 5.75 Å². The highest BCUT2D eigenvalue weighted by molar-refractivity contribution is 6.30. The minimum atomic E-state index is -0.141. The number of benzene rings is 1. The number of hydrogen-bond donors (Lipinski definition) is 2. The standard InChI is InChI=1S/C13H19ClN2O2/c1-3-10(4-2)16-13(17)8-18-12-6-5-9(14)7-11(12)15/h5-7,10H,3-4,8,15H2,1-2H3,(H,16,17). The Morgan fingerprint density at radius 2 is 2.11 bits per heavy atom. The lowest BCUT2D eigenvalue weighted by Crippen LogP contribution is -2.37. The lowest BCUT2D eigenvalue weighted by atomic mass is 10.2. The zero-order valence-corrected chi connectivity index (χ0v) is 11.5. The third kappa shape index (κ3) is 4.45. The summed E-state index contributed by atoms with van der Waals surface area (Å²) in [5, 5.41) is 3.43. The van der Waals surface area contributed by atoms with E-state index in [1.54, 1.807) is 18.2 Å². The molecule has 0 aliphatic carbocycles. The van der Waals surface area contributed by atoms with Gasteiger partial charge in [-0.1, -0.05) is 25.4 Å². The van der Waals surface area contributed by atoms with E-state index >= 15 is 0 Å². The fourth-order valence-corrected chi connectivity index (χ4v) is 1.74. The summed E-state index contributed by atoms with van der Waals surface area (Å²) in [6.07, 6.45) is 1.82. The minimum Gasteiger partial charge on any atom is -0.482 e. The van der Waals surface area contributed by atoms with Crippen molar-refractivity contribution in [1.82, 2.24) is 5.32 Å². The summed E-state index contributed by atoms with van der Waals surface area (Å²) >= 11 is 5.77. The van der Waals surface area contributed by atoms with Crippen LogP contribution < -0.4 is 15.8 Å². The number of nitrogens with one attached hydrogen (secondary N) is 1. The second-order valence-electron chi connectivity index (χ2n) is 4.05. The summed E-state index contributed by atoms with van der Waals surface area (Å²) in [6.45, 7) is 4.03. The molecule has 5 heteroatoms. The Labute approximate surface area is 112 Å². The van der Waals surface area contributed by atoms with Crippen molar-refractivity contribution in [2.75, 3.05) is 12.3 Å². The van der Waals surface area contributed by atoms with Crippen molar-refractivity contribution in [2.24, 2.45) is 0 Å². The Hall–Kier alpha value is -1.42. The van der Waals surface area contributed by atoms with E-state index in [4.69, 9.17) is 22.1 Å². The van der Waals surface area contributed by atoms with Gasteiger partial charge in [0, 0.05) is 11.1 Å². The van der Waals surface area contributed by atoms with E-state index in [9.17, 15) is 4.79 Å². The van der Waals surface area contributed by atoms with Crippen molar-refractivity contribution >= 4 is 23.2 Å². The maximum atomic E-state index is 11.6. The van der Waals surface area contributed by atoms with E-state index in [1.165, 1.54) is 0 Å². The first kappa shape index (κ1) is 14.6. The van der Waals surface area contributed by atoms with Gasteiger partial charge in [0.2, 0.25) is 0 Å². The SMILES string of the molecule is CCC(CC)NC(=O)COc1ccc(Cl)cc1N. The van der Waals surface area contributed by atoms with Crippen LogP contribution in [-0.4, -0.2) is 18.6 Å². The van der Waals surface area contributed by atoms with E-state index in [2.05, 4.69) is 5.32 Å². The summed E-state index contributed by atoms with van der Waals surface area (Å²) in [7, 11) is 0. The molecule has 1 rings (SSSR count). The molecule has 3 N–H and O–H groups in total. The van der Waals surface area contributed by atoms with Crippen molar-refractivity contribution in [1.29, 1.82) is 0 Å². The molecule has 0 aliphatic heterocycles. The van der Waals surface area contributed by atoms with Gasteiger partial charge in [-0.25, -0.2) is 0 Å². The van der Waals surface area contributed by atoms with Crippen LogP contribution in [0.25, 0.3) is 0 Å². The monoisotopic (exact) mass is 270 g/mol. The number of hydrogen-bond acceptors (Lipinski definition) is 3. The van der Waals surface area contributed by atoms with Crippen molar-refractivity contribution in [2.45, 2.75) is 32.7 Å². The third-order valence-electron chi connectivity index (χ3n) is 2.68. The van der Waals surface area contributed by atoms with Gasteiger partial charge in [-0.3, -0.25) is 4.79 Å². The molecule has 0 spiro atoms. The van der Waals surface area contributed by atoms with Crippen LogP contribution in [0.15, 0.2) is 18.2 Å². The first-order chi connectivity index (χ1) is 8.56. The first-order valence-corrected chi connectivity index (χ1v) is 6.41. The largest absolute Gasteiger partial charge is 0.482 e. The van der Waals surface area contributed by atoms with Gasteiger partial charge in [0.25, 0.3) is 5.91 Å². The number of carbonyl (C=O) groups is 1. The minimum absolute atomic E-state index is 0.0394. The Morgan fingerprint density at radius 1 is 1.44 bits per heavy atom. The fourth-order valence-electron chi connectivity index (χ4n) is 1.56. The second kappa shape index (κ2) is 7.11. The maximum Gasteiger partial charge on any atom is 0.258 e. The molecule has 0 fully saturated rings. The Balaban J connectivity index is 2.47. The number of amides is 1. The maximum absolute atomic E-state index is 11.6. The van der Waals surface area contributed by atoms with Crippen molar-refractivity contribution in [3.8, 4) is 5.75 Å². The molecule has 0 saturated carbocycles. The van der Waals surface area contributed by atoms with Gasteiger partial charge < -0.3 is 15.8 Å². The summed E-state index contributed by atoms with van der Waals surface area (Å²) in [5.41, 5.74) is 6.15. The number of nitrogen functional groups attached to an aromatic ring is 1. The zero-order chi connectivity index (χ0) is 13.5. The first-order valence-electron chi connectivity index (χ1n) is 6.04. The van der Waals surface area contributed by atoms with Crippen LogP contribution in [0.1, 0.15) is 26.7 Å². The highest BCUT2D eigenvalue weighted by Crippen LogP contribution is 2.24. The molecule has 0 saturated heterocycles. The van der Waals surface area contributed by atoms with Gasteiger partial charge in [-0.15, -0.1) is 0 Å². The molecule has 0 aromatic heterocycles. The van der Waals surface area contributed by atoms with Crippen LogP contribution in [0, 0.1) is 0 Å². The lowest BCUT2D eigenvalue weighted by molar-refractivity contribution is -0.123. The molecule has 0 atom stereocenters. The number of carbonyl (C=O) groups excluding carboxylic acids is 1. The summed E-state index contributed by atoms with van der Waals surface area (Å²) in [5.74, 6) is 0.331.